The van der Waals surface area contributed by atoms with E-state index in [4.69, 9.17) is 5.73 Å². The molecule has 3 heteroatoms. The van der Waals surface area contributed by atoms with Gasteiger partial charge in [-0.1, -0.05) is 18.2 Å². The maximum absolute atomic E-state index is 9.74. The largest absolute Gasteiger partial charge is 0.388 e. The highest BCUT2D eigenvalue weighted by Gasteiger charge is 2.09. The van der Waals surface area contributed by atoms with Gasteiger partial charge in [0.1, 0.15) is 0 Å². The van der Waals surface area contributed by atoms with Gasteiger partial charge in [-0.3, -0.25) is 0 Å². The number of aliphatic hydroxyl groups excluding tert-OH is 1. The molecule has 0 fully saturated rings. The van der Waals surface area contributed by atoms with Crippen molar-refractivity contribution in [2.45, 2.75) is 17.4 Å². The minimum Gasteiger partial charge on any atom is -0.388 e. The van der Waals surface area contributed by atoms with Gasteiger partial charge in [0.15, 0.2) is 0 Å². The fraction of sp³-hybridized carbons (Fsp3) is 0.400. The highest BCUT2D eigenvalue weighted by molar-refractivity contribution is 7.98. The lowest BCUT2D eigenvalue weighted by atomic mass is 10.1. The van der Waals surface area contributed by atoms with Crippen molar-refractivity contribution in [3.8, 4) is 0 Å². The van der Waals surface area contributed by atoms with Gasteiger partial charge in [0, 0.05) is 4.90 Å². The molecule has 0 aliphatic rings. The van der Waals surface area contributed by atoms with Crippen LogP contribution in [0.2, 0.25) is 0 Å². The Hall–Kier alpha value is -0.510. The average Bonchev–Trinajstić information content (AvgIpc) is 2.18. The average molecular weight is 197 g/mol. The predicted octanol–water partition coefficient (Wildman–Crippen LogP) is 1.79. The summed E-state index contributed by atoms with van der Waals surface area (Å²) in [4.78, 5) is 1.13. The van der Waals surface area contributed by atoms with E-state index in [-0.39, 0.29) is 0 Å². The van der Waals surface area contributed by atoms with Crippen molar-refractivity contribution in [3.05, 3.63) is 29.8 Å². The van der Waals surface area contributed by atoms with E-state index in [2.05, 4.69) is 0 Å². The fourth-order valence-corrected chi connectivity index (χ4v) is 1.91. The molecular weight excluding hydrogens is 182 g/mol. The van der Waals surface area contributed by atoms with Crippen LogP contribution < -0.4 is 5.73 Å². The summed E-state index contributed by atoms with van der Waals surface area (Å²) < 4.78 is 0. The molecule has 0 aliphatic heterocycles. The summed E-state index contributed by atoms with van der Waals surface area (Å²) in [6.45, 7) is 0.518. The van der Waals surface area contributed by atoms with Crippen LogP contribution in [0.1, 0.15) is 18.1 Å². The molecular formula is C10H15NOS. The normalized spacial score (nSPS) is 12.8. The maximum Gasteiger partial charge on any atom is 0.0812 e. The lowest BCUT2D eigenvalue weighted by Crippen LogP contribution is -2.07. The molecule has 72 valence electrons. The molecule has 0 bridgehead atoms. The zero-order valence-electron chi connectivity index (χ0n) is 7.73. The van der Waals surface area contributed by atoms with Crippen LogP contribution in [0.4, 0.5) is 0 Å². The Morgan fingerprint density at radius 1 is 1.46 bits per heavy atom. The Morgan fingerprint density at radius 3 is 2.77 bits per heavy atom. The van der Waals surface area contributed by atoms with Crippen LogP contribution in [0.15, 0.2) is 29.2 Å². The number of rotatable bonds is 4. The highest BCUT2D eigenvalue weighted by atomic mass is 32.2. The van der Waals surface area contributed by atoms with Gasteiger partial charge in [0.25, 0.3) is 0 Å². The summed E-state index contributed by atoms with van der Waals surface area (Å²) in [5.41, 5.74) is 6.38. The number of hydrogen-bond acceptors (Lipinski definition) is 3. The molecule has 2 nitrogen and oxygen atoms in total. The number of benzene rings is 1. The second-order valence-electron chi connectivity index (χ2n) is 2.84. The van der Waals surface area contributed by atoms with Crippen molar-refractivity contribution in [3.63, 3.8) is 0 Å². The molecule has 3 N–H and O–H groups in total. The number of aliphatic hydroxyl groups is 1. The highest BCUT2D eigenvalue weighted by Crippen LogP contribution is 2.26. The van der Waals surface area contributed by atoms with E-state index in [1.807, 2.05) is 30.5 Å². The molecule has 13 heavy (non-hydrogen) atoms. The SMILES string of the molecule is CSc1ccccc1[C@H](O)CCN. The molecule has 0 saturated carbocycles. The lowest BCUT2D eigenvalue weighted by molar-refractivity contribution is 0.167. The third kappa shape index (κ3) is 2.72. The van der Waals surface area contributed by atoms with Crippen molar-refractivity contribution in [2.24, 2.45) is 5.73 Å². The lowest BCUT2D eigenvalue weighted by Gasteiger charge is -2.12. The van der Waals surface area contributed by atoms with Gasteiger partial charge < -0.3 is 10.8 Å². The first-order valence-electron chi connectivity index (χ1n) is 4.30. The molecule has 0 aromatic heterocycles. The Morgan fingerprint density at radius 2 is 2.15 bits per heavy atom. The van der Waals surface area contributed by atoms with Crippen molar-refractivity contribution in [1.29, 1.82) is 0 Å². The zero-order chi connectivity index (χ0) is 9.68. The number of thioether (sulfide) groups is 1. The number of nitrogens with two attached hydrogens (primary N) is 1. The summed E-state index contributed by atoms with van der Waals surface area (Å²) in [6, 6.07) is 7.88. The van der Waals surface area contributed by atoms with E-state index in [9.17, 15) is 5.11 Å². The van der Waals surface area contributed by atoms with Crippen molar-refractivity contribution >= 4 is 11.8 Å². The third-order valence-electron chi connectivity index (χ3n) is 1.94. The summed E-state index contributed by atoms with van der Waals surface area (Å²) >= 11 is 1.65. The van der Waals surface area contributed by atoms with E-state index >= 15 is 0 Å². The molecule has 1 atom stereocenters. The quantitative estimate of drug-likeness (QED) is 0.723. The van der Waals surface area contributed by atoms with Gasteiger partial charge in [0.2, 0.25) is 0 Å². The van der Waals surface area contributed by atoms with E-state index in [1.54, 1.807) is 11.8 Å². The summed E-state index contributed by atoms with van der Waals surface area (Å²) in [7, 11) is 0. The zero-order valence-corrected chi connectivity index (χ0v) is 8.55. The van der Waals surface area contributed by atoms with Crippen LogP contribution >= 0.6 is 11.8 Å². The molecule has 0 spiro atoms. The van der Waals surface area contributed by atoms with Gasteiger partial charge in [-0.25, -0.2) is 0 Å². The first kappa shape index (κ1) is 10.6. The molecule has 1 aromatic carbocycles. The van der Waals surface area contributed by atoms with E-state index < -0.39 is 6.10 Å². The molecule has 0 unspecified atom stereocenters. The van der Waals surface area contributed by atoms with Gasteiger partial charge in [-0.2, -0.15) is 0 Å². The second-order valence-corrected chi connectivity index (χ2v) is 3.68. The Kier molecular flexibility index (Phi) is 4.28. The fourth-order valence-electron chi connectivity index (χ4n) is 1.26. The van der Waals surface area contributed by atoms with Crippen LogP contribution in [-0.4, -0.2) is 17.9 Å². The minimum absolute atomic E-state index is 0.423. The van der Waals surface area contributed by atoms with Gasteiger partial charge in [-0.15, -0.1) is 11.8 Å². The predicted molar refractivity (Wildman–Crippen MR) is 56.9 cm³/mol. The molecule has 0 heterocycles. The summed E-state index contributed by atoms with van der Waals surface area (Å²) in [6.07, 6.45) is 2.21. The maximum atomic E-state index is 9.74. The molecule has 0 radical (unpaired) electrons. The van der Waals surface area contributed by atoms with Crippen molar-refractivity contribution in [1.82, 2.24) is 0 Å². The van der Waals surface area contributed by atoms with E-state index in [1.165, 1.54) is 0 Å². The van der Waals surface area contributed by atoms with Crippen LogP contribution in [0, 0.1) is 0 Å². The van der Waals surface area contributed by atoms with Crippen LogP contribution in [0.5, 0.6) is 0 Å². The van der Waals surface area contributed by atoms with Crippen LogP contribution in [-0.2, 0) is 0 Å². The molecule has 0 aliphatic carbocycles. The van der Waals surface area contributed by atoms with Gasteiger partial charge in [-0.05, 0) is 30.9 Å². The van der Waals surface area contributed by atoms with Crippen LogP contribution in [0.3, 0.4) is 0 Å². The standard InChI is InChI=1S/C10H15NOS/c1-13-10-5-3-2-4-8(10)9(12)6-7-11/h2-5,9,12H,6-7,11H2,1H3/t9-/m1/s1. The molecule has 0 amide bonds. The molecule has 0 saturated heterocycles. The number of hydrogen-bond donors (Lipinski definition) is 2. The summed E-state index contributed by atoms with van der Waals surface area (Å²) in [5.74, 6) is 0. The summed E-state index contributed by atoms with van der Waals surface area (Å²) in [5, 5.41) is 9.74. The van der Waals surface area contributed by atoms with Crippen LogP contribution in [0.25, 0.3) is 0 Å². The Bertz CT molecular complexity index is 265. The molecule has 1 rings (SSSR count). The Balaban J connectivity index is 2.85. The second kappa shape index (κ2) is 5.27. The van der Waals surface area contributed by atoms with E-state index in [0.29, 0.717) is 13.0 Å². The van der Waals surface area contributed by atoms with Gasteiger partial charge in [0.05, 0.1) is 6.10 Å². The smallest absolute Gasteiger partial charge is 0.0812 e. The van der Waals surface area contributed by atoms with E-state index in [0.717, 1.165) is 10.5 Å². The minimum atomic E-state index is -0.423. The van der Waals surface area contributed by atoms with Crippen molar-refractivity contribution in [2.75, 3.05) is 12.8 Å². The third-order valence-corrected chi connectivity index (χ3v) is 2.75. The molecule has 1 aromatic rings. The first-order valence-corrected chi connectivity index (χ1v) is 5.53. The first-order chi connectivity index (χ1) is 6.29. The monoisotopic (exact) mass is 197 g/mol. The topological polar surface area (TPSA) is 46.2 Å². The van der Waals surface area contributed by atoms with Gasteiger partial charge >= 0.3 is 0 Å². The Labute approximate surface area is 83.1 Å². The van der Waals surface area contributed by atoms with Crippen molar-refractivity contribution < 1.29 is 5.11 Å².